The summed E-state index contributed by atoms with van der Waals surface area (Å²) in [7, 11) is 0. The van der Waals surface area contributed by atoms with Gasteiger partial charge >= 0.3 is 0 Å². The summed E-state index contributed by atoms with van der Waals surface area (Å²) >= 11 is 0. The average Bonchev–Trinajstić information content (AvgIpc) is 3.34. The average molecular weight is 1230 g/mol. The maximum atomic E-state index is 13.4. The molecule has 2 aromatic carbocycles. The van der Waals surface area contributed by atoms with Crippen LogP contribution in [0.1, 0.15) is 62.6 Å². The number of carbonyl (C=O) groups excluding carboxylic acids is 5. The number of para-hydroxylation sites is 1. The lowest BCUT2D eigenvalue weighted by molar-refractivity contribution is -0.126. The number of hydrogen-bond donors (Lipinski definition) is 4. The summed E-state index contributed by atoms with van der Waals surface area (Å²) in [6.07, 6.45) is 10.6. The van der Waals surface area contributed by atoms with E-state index < -0.39 is 6.04 Å². The van der Waals surface area contributed by atoms with Gasteiger partial charge in [-0.05, 0) is 23.8 Å². The smallest absolute Gasteiger partial charge is 0.227 e. The number of rotatable bonds is 55. The molecule has 1 heterocycles. The van der Waals surface area contributed by atoms with Gasteiger partial charge in [0.15, 0.2) is 0 Å². The molecule has 0 spiro atoms. The molecule has 0 bridgehead atoms. The van der Waals surface area contributed by atoms with Crippen molar-refractivity contribution in [3.8, 4) is 36.5 Å². The number of amides is 5. The molecule has 24 nitrogen and oxygen atoms in total. The van der Waals surface area contributed by atoms with Gasteiger partial charge in [-0.15, -0.1) is 12.8 Å². The van der Waals surface area contributed by atoms with Gasteiger partial charge in [-0.3, -0.25) is 24.0 Å². The normalized spacial score (nSPS) is 11.3. The highest BCUT2D eigenvalue weighted by Crippen LogP contribution is 2.26. The Bertz CT molecular complexity index is 2210. The lowest BCUT2D eigenvalue weighted by Crippen LogP contribution is -2.42. The highest BCUT2D eigenvalue weighted by molar-refractivity contribution is 5.97. The lowest BCUT2D eigenvalue weighted by Gasteiger charge is -2.26. The van der Waals surface area contributed by atoms with Gasteiger partial charge < -0.3 is 92.5 Å². The van der Waals surface area contributed by atoms with Crippen molar-refractivity contribution in [2.24, 2.45) is 0 Å². The predicted octanol–water partition coefficient (Wildman–Crippen LogP) is 2.24. The van der Waals surface area contributed by atoms with Gasteiger partial charge in [-0.2, -0.15) is 0 Å². The van der Waals surface area contributed by atoms with E-state index in [9.17, 15) is 24.0 Å². The minimum atomic E-state index is -0.567. The van der Waals surface area contributed by atoms with Crippen molar-refractivity contribution >= 4 is 35.2 Å². The van der Waals surface area contributed by atoms with Crippen LogP contribution in [0, 0.1) is 36.5 Å². The van der Waals surface area contributed by atoms with E-state index in [0.717, 1.165) is 22.4 Å². The summed E-state index contributed by atoms with van der Waals surface area (Å²) in [5.41, 5.74) is 3.31. The van der Waals surface area contributed by atoms with E-state index in [-0.39, 0.29) is 121 Å². The Morgan fingerprint density at radius 1 is 0.425 bits per heavy atom. The molecule has 0 radical (unpaired) electrons. The van der Waals surface area contributed by atoms with Crippen molar-refractivity contribution in [2.75, 3.05) is 210 Å². The van der Waals surface area contributed by atoms with Gasteiger partial charge in [0.25, 0.3) is 0 Å². The Balaban J connectivity index is 0.0000128. The van der Waals surface area contributed by atoms with Gasteiger partial charge in [0, 0.05) is 62.9 Å². The van der Waals surface area contributed by atoms with Crippen molar-refractivity contribution in [1.82, 2.24) is 21.3 Å². The standard InChI is InChI=1S/C61H89N5O19.C2H6/c1-3-23-72-31-37-78-43-46-81-41-35-76-29-21-63-58(68)17-26-84-50-55(51-85-27-18-59(69)64-22-30-77-36-42-82-47-44-79-38-32-73-24-4-2)65-60(70)19-25-74-33-39-80-45-48-83-40-34-75-28-20-62-57(67)15-16-61(71)66-49-54-11-6-5-9-52(54)13-14-53-10-7-8-12-56(53)66;1-2/h1-2,5-12,55H,15-51H2,(H,62,67)(H,63,68)(H,64,69)(H,65,70);1-2H3. The zero-order valence-electron chi connectivity index (χ0n) is 51.2. The minimum Gasteiger partial charge on any atom is -0.379 e. The molecule has 24 heteroatoms. The molecule has 1 aliphatic rings. The fourth-order valence-corrected chi connectivity index (χ4v) is 7.34. The van der Waals surface area contributed by atoms with Crippen LogP contribution >= 0.6 is 0 Å². The third kappa shape index (κ3) is 43.2. The van der Waals surface area contributed by atoms with Gasteiger partial charge in [0.05, 0.1) is 190 Å². The topological polar surface area (TPSA) is 266 Å². The quantitative estimate of drug-likeness (QED) is 0.0547. The second kappa shape index (κ2) is 56.4. The van der Waals surface area contributed by atoms with E-state index in [4.69, 9.17) is 79.2 Å². The summed E-state index contributed by atoms with van der Waals surface area (Å²) in [4.78, 5) is 65.4. The summed E-state index contributed by atoms with van der Waals surface area (Å²) in [6.45, 7) is 14.0. The molecule has 4 N–H and O–H groups in total. The number of carbonyl (C=O) groups is 5. The largest absolute Gasteiger partial charge is 0.379 e. The highest BCUT2D eigenvalue weighted by atomic mass is 16.6. The number of nitrogens with zero attached hydrogens (tertiary/aromatic N) is 1. The van der Waals surface area contributed by atoms with Crippen LogP contribution in [0.25, 0.3) is 0 Å². The van der Waals surface area contributed by atoms with Crippen LogP contribution in [-0.2, 0) is 96.8 Å². The predicted molar refractivity (Wildman–Crippen MR) is 325 cm³/mol. The van der Waals surface area contributed by atoms with E-state index in [1.54, 1.807) is 4.90 Å². The molecule has 0 aliphatic carbocycles. The Morgan fingerprint density at radius 3 is 1.22 bits per heavy atom. The summed E-state index contributed by atoms with van der Waals surface area (Å²) in [6, 6.07) is 14.7. The number of fused-ring (bicyclic) bond motifs is 2. The molecule has 0 saturated carbocycles. The lowest BCUT2D eigenvalue weighted by atomic mass is 10.0. The highest BCUT2D eigenvalue weighted by Gasteiger charge is 2.22. The van der Waals surface area contributed by atoms with Crippen molar-refractivity contribution in [3.05, 3.63) is 65.2 Å². The fourth-order valence-electron chi connectivity index (χ4n) is 7.34. The van der Waals surface area contributed by atoms with Crippen molar-refractivity contribution < 1.29 is 90.3 Å². The molecule has 0 fully saturated rings. The van der Waals surface area contributed by atoms with E-state index in [1.807, 2.05) is 62.4 Å². The number of ether oxygens (including phenoxy) is 14. The van der Waals surface area contributed by atoms with Crippen molar-refractivity contribution in [1.29, 1.82) is 0 Å². The van der Waals surface area contributed by atoms with Crippen LogP contribution in [0.15, 0.2) is 48.5 Å². The molecule has 0 saturated heterocycles. The van der Waals surface area contributed by atoms with Crippen LogP contribution in [0.5, 0.6) is 0 Å². The van der Waals surface area contributed by atoms with E-state index >= 15 is 0 Å². The summed E-state index contributed by atoms with van der Waals surface area (Å²) in [5.74, 6) is 10.0. The Hall–Kier alpha value is -6.09. The Kier molecular flexibility index (Phi) is 49.9. The van der Waals surface area contributed by atoms with E-state index in [2.05, 4.69) is 44.9 Å². The maximum Gasteiger partial charge on any atom is 0.227 e. The Morgan fingerprint density at radius 2 is 0.770 bits per heavy atom. The Labute approximate surface area is 514 Å². The first-order valence-corrected chi connectivity index (χ1v) is 29.8. The number of nitrogens with one attached hydrogen (secondary N) is 4. The van der Waals surface area contributed by atoms with Crippen LogP contribution in [-0.4, -0.2) is 240 Å². The first-order valence-electron chi connectivity index (χ1n) is 29.8. The molecule has 0 unspecified atom stereocenters. The van der Waals surface area contributed by atoms with Gasteiger partial charge in [0.2, 0.25) is 29.5 Å². The second-order valence-electron chi connectivity index (χ2n) is 18.3. The molecule has 2 aromatic rings. The fraction of sp³-hybridized carbons (Fsp3) is 0.635. The first kappa shape index (κ1) is 77.0. The zero-order chi connectivity index (χ0) is 62.7. The van der Waals surface area contributed by atoms with Crippen LogP contribution in [0.3, 0.4) is 0 Å². The molecule has 0 atom stereocenters. The van der Waals surface area contributed by atoms with Crippen LogP contribution in [0.2, 0.25) is 0 Å². The molecule has 0 aromatic heterocycles. The third-order valence-electron chi connectivity index (χ3n) is 11.6. The van der Waals surface area contributed by atoms with Gasteiger partial charge in [-0.25, -0.2) is 0 Å². The third-order valence-corrected chi connectivity index (χ3v) is 11.6. The molecule has 5 amide bonds. The zero-order valence-corrected chi connectivity index (χ0v) is 51.2. The number of terminal acetylenes is 2. The number of benzene rings is 2. The molecule has 486 valence electrons. The van der Waals surface area contributed by atoms with Gasteiger partial charge in [0.1, 0.15) is 13.2 Å². The molecular weight excluding hydrogens is 1130 g/mol. The second-order valence-corrected chi connectivity index (χ2v) is 18.3. The summed E-state index contributed by atoms with van der Waals surface area (Å²) < 4.78 is 76.7. The van der Waals surface area contributed by atoms with E-state index in [0.29, 0.717) is 152 Å². The molecular formula is C63H95N5O19. The number of anilines is 1. The van der Waals surface area contributed by atoms with Crippen molar-refractivity contribution in [3.63, 3.8) is 0 Å². The maximum absolute atomic E-state index is 13.4. The number of hydrogen-bond acceptors (Lipinski definition) is 19. The van der Waals surface area contributed by atoms with Crippen LogP contribution < -0.4 is 26.2 Å². The summed E-state index contributed by atoms with van der Waals surface area (Å²) in [5, 5.41) is 11.2. The van der Waals surface area contributed by atoms with Crippen LogP contribution in [0.4, 0.5) is 5.69 Å². The SMILES string of the molecule is C#CCOCCOCCOCCOCCNC(=O)CCOCC(COCCC(=O)NCCOCCOCCOCCOCC#C)NC(=O)CCOCCOCCOCCOCCNC(=O)CCC(=O)N1Cc2ccccc2C#Cc2ccccc21.CC. The van der Waals surface area contributed by atoms with Gasteiger partial charge in [-0.1, -0.05) is 67.9 Å². The van der Waals surface area contributed by atoms with Crippen molar-refractivity contribution in [2.45, 2.75) is 58.5 Å². The molecule has 87 heavy (non-hydrogen) atoms. The first-order chi connectivity index (χ1) is 42.8. The molecule has 1 aliphatic heterocycles. The monoisotopic (exact) mass is 1230 g/mol. The van der Waals surface area contributed by atoms with E-state index in [1.165, 1.54) is 0 Å². The minimum absolute atomic E-state index is 0.0450. The molecule has 3 rings (SSSR count).